The van der Waals surface area contributed by atoms with Crippen LogP contribution in [0.2, 0.25) is 10.0 Å². The van der Waals surface area contributed by atoms with Gasteiger partial charge in [0.25, 0.3) is 0 Å². The molecule has 0 spiro atoms. The molecule has 0 saturated heterocycles. The number of hydrogen-bond donors (Lipinski definition) is 0. The summed E-state index contributed by atoms with van der Waals surface area (Å²) in [5.41, 5.74) is 2.50. The Morgan fingerprint density at radius 1 is 1.00 bits per heavy atom. The highest BCUT2D eigenvalue weighted by atomic mass is 35.5. The van der Waals surface area contributed by atoms with Gasteiger partial charge in [-0.2, -0.15) is 0 Å². The van der Waals surface area contributed by atoms with Gasteiger partial charge in [-0.3, -0.25) is 0 Å². The summed E-state index contributed by atoms with van der Waals surface area (Å²) in [5, 5.41) is 0.569. The van der Waals surface area contributed by atoms with Gasteiger partial charge in [-0.25, -0.2) is 4.39 Å². The lowest BCUT2D eigenvalue weighted by Crippen LogP contribution is -1.97. The molecule has 0 aliphatic carbocycles. The van der Waals surface area contributed by atoms with Crippen molar-refractivity contribution in [3.8, 4) is 0 Å². The molecule has 0 nitrogen and oxygen atoms in total. The minimum Gasteiger partial charge on any atom is -0.207 e. The van der Waals surface area contributed by atoms with Crippen molar-refractivity contribution < 1.29 is 4.39 Å². The maximum absolute atomic E-state index is 13.0. The van der Waals surface area contributed by atoms with Gasteiger partial charge in [-0.05, 0) is 47.9 Å². The van der Waals surface area contributed by atoms with E-state index in [-0.39, 0.29) is 11.2 Å². The minimum atomic E-state index is -0.375. The second-order valence-corrected chi connectivity index (χ2v) is 5.29. The van der Waals surface area contributed by atoms with Crippen molar-refractivity contribution >= 4 is 34.8 Å². The first-order valence-corrected chi connectivity index (χ1v) is 6.53. The van der Waals surface area contributed by atoms with E-state index in [1.165, 1.54) is 12.1 Å². The highest BCUT2D eigenvalue weighted by Gasteiger charge is 2.14. The first kappa shape index (κ1) is 13.7. The average molecular weight is 304 g/mol. The molecule has 0 aliphatic rings. The van der Waals surface area contributed by atoms with Crippen LogP contribution in [0.15, 0.2) is 36.4 Å². The molecular weight excluding hydrogens is 294 g/mol. The molecule has 2 rings (SSSR count). The Labute approximate surface area is 120 Å². The van der Waals surface area contributed by atoms with Gasteiger partial charge in [-0.15, -0.1) is 11.6 Å². The lowest BCUT2D eigenvalue weighted by molar-refractivity contribution is 0.625. The summed E-state index contributed by atoms with van der Waals surface area (Å²) >= 11 is 18.2. The van der Waals surface area contributed by atoms with Crippen molar-refractivity contribution in [3.63, 3.8) is 0 Å². The first-order chi connectivity index (χ1) is 8.49. The topological polar surface area (TPSA) is 0 Å². The molecule has 0 saturated carbocycles. The van der Waals surface area contributed by atoms with Crippen LogP contribution in [0.4, 0.5) is 4.39 Å². The highest BCUT2D eigenvalue weighted by Crippen LogP contribution is 2.34. The molecule has 0 N–H and O–H groups in total. The Morgan fingerprint density at radius 3 is 2.33 bits per heavy atom. The lowest BCUT2D eigenvalue weighted by atomic mass is 10.00. The van der Waals surface area contributed by atoms with Crippen LogP contribution in [0.5, 0.6) is 0 Å². The summed E-state index contributed by atoms with van der Waals surface area (Å²) in [7, 11) is 0. The fraction of sp³-hybridized carbons (Fsp3) is 0.143. The van der Waals surface area contributed by atoms with Crippen molar-refractivity contribution in [2.75, 3.05) is 0 Å². The third-order valence-electron chi connectivity index (χ3n) is 2.74. The summed E-state index contributed by atoms with van der Waals surface area (Å²) in [5.74, 6) is -0.269. The molecule has 2 aromatic rings. The summed E-state index contributed by atoms with van der Waals surface area (Å²) in [6.07, 6.45) is 0. The fourth-order valence-corrected chi connectivity index (χ4v) is 2.46. The molecule has 0 amide bonds. The van der Waals surface area contributed by atoms with Crippen LogP contribution in [-0.2, 0) is 0 Å². The molecule has 1 atom stereocenters. The van der Waals surface area contributed by atoms with Gasteiger partial charge in [0.05, 0.1) is 15.4 Å². The lowest BCUT2D eigenvalue weighted by Gasteiger charge is -2.14. The van der Waals surface area contributed by atoms with Gasteiger partial charge in [0.1, 0.15) is 5.82 Å². The van der Waals surface area contributed by atoms with E-state index in [9.17, 15) is 4.39 Å². The van der Waals surface area contributed by atoms with Gasteiger partial charge >= 0.3 is 0 Å². The van der Waals surface area contributed by atoms with E-state index in [1.807, 2.05) is 13.0 Å². The number of halogens is 4. The Balaban J connectivity index is 2.41. The second kappa shape index (κ2) is 5.48. The molecular formula is C14H10Cl3F. The van der Waals surface area contributed by atoms with Crippen molar-refractivity contribution in [2.24, 2.45) is 0 Å². The zero-order chi connectivity index (χ0) is 13.3. The van der Waals surface area contributed by atoms with E-state index >= 15 is 0 Å². The molecule has 1 unspecified atom stereocenters. The summed E-state index contributed by atoms with van der Waals surface area (Å²) < 4.78 is 13.0. The number of alkyl halides is 1. The molecule has 0 aliphatic heterocycles. The Hall–Kier alpha value is -0.760. The standard InChI is InChI=1S/C14H10Cl3F/c1-8-6-10(18)3-4-11(8)14(17)9-2-5-12(15)13(16)7-9/h2-7,14H,1H3. The molecule has 2 aromatic carbocycles. The van der Waals surface area contributed by atoms with E-state index in [2.05, 4.69) is 0 Å². The van der Waals surface area contributed by atoms with Gasteiger partial charge in [0.2, 0.25) is 0 Å². The van der Waals surface area contributed by atoms with Gasteiger partial charge in [0.15, 0.2) is 0 Å². The quantitative estimate of drug-likeness (QED) is 0.618. The third kappa shape index (κ3) is 2.80. The molecule has 18 heavy (non-hydrogen) atoms. The maximum atomic E-state index is 13.0. The SMILES string of the molecule is Cc1cc(F)ccc1C(Cl)c1ccc(Cl)c(Cl)c1. The number of aryl methyl sites for hydroxylation is 1. The van der Waals surface area contributed by atoms with E-state index in [0.717, 1.165) is 16.7 Å². The maximum Gasteiger partial charge on any atom is 0.123 e. The first-order valence-electron chi connectivity index (χ1n) is 5.34. The largest absolute Gasteiger partial charge is 0.207 e. The van der Waals surface area contributed by atoms with Crippen LogP contribution < -0.4 is 0 Å². The van der Waals surface area contributed by atoms with E-state index < -0.39 is 0 Å². The van der Waals surface area contributed by atoms with Crippen molar-refractivity contribution in [1.29, 1.82) is 0 Å². The molecule has 0 aromatic heterocycles. The van der Waals surface area contributed by atoms with Crippen LogP contribution in [0.3, 0.4) is 0 Å². The summed E-state index contributed by atoms with van der Waals surface area (Å²) in [6, 6.07) is 9.79. The monoisotopic (exact) mass is 302 g/mol. The van der Waals surface area contributed by atoms with Gasteiger partial charge in [-0.1, -0.05) is 35.3 Å². The molecule has 94 valence electrons. The van der Waals surface area contributed by atoms with Crippen LogP contribution in [0, 0.1) is 12.7 Å². The van der Waals surface area contributed by atoms with Crippen LogP contribution in [0.1, 0.15) is 22.1 Å². The van der Waals surface area contributed by atoms with E-state index in [1.54, 1.807) is 18.2 Å². The van der Waals surface area contributed by atoms with Gasteiger partial charge < -0.3 is 0 Å². The number of hydrogen-bond acceptors (Lipinski definition) is 0. The Bertz CT molecular complexity index is 581. The smallest absolute Gasteiger partial charge is 0.123 e. The third-order valence-corrected chi connectivity index (χ3v) is 3.97. The van der Waals surface area contributed by atoms with E-state index in [0.29, 0.717) is 10.0 Å². The van der Waals surface area contributed by atoms with Crippen LogP contribution >= 0.6 is 34.8 Å². The second-order valence-electron chi connectivity index (χ2n) is 4.04. The fourth-order valence-electron chi connectivity index (χ4n) is 1.77. The summed E-state index contributed by atoms with van der Waals surface area (Å²) in [6.45, 7) is 1.82. The molecule has 0 bridgehead atoms. The van der Waals surface area contributed by atoms with Crippen molar-refractivity contribution in [1.82, 2.24) is 0 Å². The highest BCUT2D eigenvalue weighted by molar-refractivity contribution is 6.42. The van der Waals surface area contributed by atoms with Crippen molar-refractivity contribution in [2.45, 2.75) is 12.3 Å². The molecule has 4 heteroatoms. The van der Waals surface area contributed by atoms with Crippen LogP contribution in [0.25, 0.3) is 0 Å². The Morgan fingerprint density at radius 2 is 1.72 bits per heavy atom. The Kier molecular flexibility index (Phi) is 4.16. The zero-order valence-corrected chi connectivity index (χ0v) is 11.8. The molecule has 0 heterocycles. The van der Waals surface area contributed by atoms with Crippen molar-refractivity contribution in [3.05, 3.63) is 69.0 Å². The molecule has 0 fully saturated rings. The molecule has 0 radical (unpaired) electrons. The summed E-state index contributed by atoms with van der Waals surface area (Å²) in [4.78, 5) is 0. The number of benzene rings is 2. The van der Waals surface area contributed by atoms with Gasteiger partial charge in [0, 0.05) is 0 Å². The van der Waals surface area contributed by atoms with E-state index in [4.69, 9.17) is 34.8 Å². The average Bonchev–Trinajstić information content (AvgIpc) is 2.32. The normalized spacial score (nSPS) is 12.5. The predicted octanol–water partition coefficient (Wildman–Crippen LogP) is 5.77. The van der Waals surface area contributed by atoms with Crippen LogP contribution in [-0.4, -0.2) is 0 Å². The number of rotatable bonds is 2. The predicted molar refractivity (Wildman–Crippen MR) is 75.3 cm³/mol. The minimum absolute atomic E-state index is 0.269. The zero-order valence-electron chi connectivity index (χ0n) is 9.55.